The van der Waals surface area contributed by atoms with Gasteiger partial charge < -0.3 is 10.1 Å². The zero-order valence-corrected chi connectivity index (χ0v) is 15.9. The van der Waals surface area contributed by atoms with E-state index in [9.17, 15) is 9.59 Å². The molecule has 3 aromatic heterocycles. The van der Waals surface area contributed by atoms with Crippen molar-refractivity contribution in [2.45, 2.75) is 32.4 Å². The molecule has 136 valence electrons. The van der Waals surface area contributed by atoms with Gasteiger partial charge >= 0.3 is 5.69 Å². The maximum Gasteiger partial charge on any atom is 0.349 e. The smallest absolute Gasteiger partial charge is 0.349 e. The molecule has 4 rings (SSSR count). The first-order valence-electron chi connectivity index (χ1n) is 8.42. The van der Waals surface area contributed by atoms with Crippen molar-refractivity contribution >= 4 is 38.9 Å². The molecule has 1 unspecified atom stereocenters. The van der Waals surface area contributed by atoms with Crippen molar-refractivity contribution < 1.29 is 9.53 Å². The van der Waals surface area contributed by atoms with E-state index < -0.39 is 5.69 Å². The van der Waals surface area contributed by atoms with Crippen LogP contribution in [0.1, 0.15) is 17.8 Å². The van der Waals surface area contributed by atoms with E-state index in [0.29, 0.717) is 22.6 Å². The third kappa shape index (κ3) is 3.42. The molecule has 1 aliphatic rings. The van der Waals surface area contributed by atoms with Crippen molar-refractivity contribution in [3.05, 3.63) is 33.0 Å². The second-order valence-electron chi connectivity index (χ2n) is 6.13. The lowest BCUT2D eigenvalue weighted by Gasteiger charge is -2.12. The van der Waals surface area contributed by atoms with Crippen LogP contribution in [0.3, 0.4) is 0 Å². The van der Waals surface area contributed by atoms with E-state index in [2.05, 4.69) is 15.3 Å². The first-order chi connectivity index (χ1) is 12.6. The Hall–Kier alpha value is -2.10. The fourth-order valence-corrected chi connectivity index (χ4v) is 4.63. The minimum absolute atomic E-state index is 0.0680. The van der Waals surface area contributed by atoms with Gasteiger partial charge in [0, 0.05) is 13.2 Å². The Morgan fingerprint density at radius 2 is 2.35 bits per heavy atom. The zero-order chi connectivity index (χ0) is 18.1. The third-order valence-corrected chi connectivity index (χ3v) is 6.10. The summed E-state index contributed by atoms with van der Waals surface area (Å²) in [5.41, 5.74) is 0.818. The lowest BCUT2D eigenvalue weighted by molar-refractivity contribution is -0.122. The van der Waals surface area contributed by atoms with Gasteiger partial charge in [-0.15, -0.1) is 22.7 Å². The van der Waals surface area contributed by atoms with E-state index in [1.807, 2.05) is 24.4 Å². The van der Waals surface area contributed by atoms with Crippen LogP contribution in [0.4, 0.5) is 0 Å². The Morgan fingerprint density at radius 3 is 3.08 bits per heavy atom. The highest BCUT2D eigenvalue weighted by Crippen LogP contribution is 2.31. The van der Waals surface area contributed by atoms with Crippen LogP contribution in [-0.4, -0.2) is 39.7 Å². The van der Waals surface area contributed by atoms with Gasteiger partial charge in [-0.3, -0.25) is 9.36 Å². The summed E-state index contributed by atoms with van der Waals surface area (Å²) in [7, 11) is 0. The molecular weight excluding hydrogens is 372 g/mol. The first-order valence-corrected chi connectivity index (χ1v) is 10.1. The van der Waals surface area contributed by atoms with Crippen LogP contribution >= 0.6 is 22.7 Å². The van der Waals surface area contributed by atoms with Crippen LogP contribution in [0.25, 0.3) is 20.9 Å². The van der Waals surface area contributed by atoms with E-state index in [4.69, 9.17) is 4.74 Å². The molecule has 1 amide bonds. The monoisotopic (exact) mass is 390 g/mol. The molecule has 7 nitrogen and oxygen atoms in total. The summed E-state index contributed by atoms with van der Waals surface area (Å²) in [6.07, 6.45) is 2.05. The summed E-state index contributed by atoms with van der Waals surface area (Å²) in [4.78, 5) is 35.2. The maximum absolute atomic E-state index is 12.6. The molecule has 0 saturated carbocycles. The van der Waals surface area contributed by atoms with Gasteiger partial charge in [0.15, 0.2) is 0 Å². The number of hydrogen-bond donors (Lipinski definition) is 1. The fraction of sp³-hybridized carbons (Fsp3) is 0.412. The van der Waals surface area contributed by atoms with Gasteiger partial charge in [0.05, 0.1) is 16.0 Å². The van der Waals surface area contributed by atoms with Gasteiger partial charge in [-0.2, -0.15) is 4.98 Å². The normalized spacial score (nSPS) is 17.0. The van der Waals surface area contributed by atoms with Crippen LogP contribution < -0.4 is 11.0 Å². The number of aryl methyl sites for hydroxylation is 1. The SMILES string of the molecule is Cc1nc2c(-c3cccs3)nc(=O)n(CC(=O)NCC3CCCO3)c2s1. The summed E-state index contributed by atoms with van der Waals surface area (Å²) < 4.78 is 6.91. The molecule has 9 heteroatoms. The van der Waals surface area contributed by atoms with Crippen LogP contribution in [0.2, 0.25) is 0 Å². The molecular formula is C17H18N4O3S2. The number of aromatic nitrogens is 3. The van der Waals surface area contributed by atoms with E-state index in [1.165, 1.54) is 27.2 Å². The third-order valence-electron chi connectivity index (χ3n) is 4.23. The quantitative estimate of drug-likeness (QED) is 0.722. The number of nitrogens with zero attached hydrogens (tertiary/aromatic N) is 3. The molecule has 0 spiro atoms. The van der Waals surface area contributed by atoms with Gasteiger partial charge in [-0.1, -0.05) is 6.07 Å². The van der Waals surface area contributed by atoms with Crippen molar-refractivity contribution in [2.75, 3.05) is 13.2 Å². The number of carbonyl (C=O) groups excluding carboxylic acids is 1. The van der Waals surface area contributed by atoms with E-state index in [-0.39, 0.29) is 18.6 Å². The number of thiazole rings is 1. The summed E-state index contributed by atoms with van der Waals surface area (Å²) in [5, 5.41) is 5.62. The highest BCUT2D eigenvalue weighted by molar-refractivity contribution is 7.18. The second kappa shape index (κ2) is 7.26. The predicted octanol–water partition coefficient (Wildman–Crippen LogP) is 2.19. The van der Waals surface area contributed by atoms with Gasteiger partial charge in [0.2, 0.25) is 5.91 Å². The lowest BCUT2D eigenvalue weighted by atomic mass is 10.2. The molecule has 4 heterocycles. The second-order valence-corrected chi connectivity index (χ2v) is 8.26. The highest BCUT2D eigenvalue weighted by Gasteiger charge is 2.20. The van der Waals surface area contributed by atoms with Crippen LogP contribution in [0.5, 0.6) is 0 Å². The van der Waals surface area contributed by atoms with Crippen molar-refractivity contribution in [1.29, 1.82) is 0 Å². The van der Waals surface area contributed by atoms with Gasteiger partial charge in [-0.25, -0.2) is 9.78 Å². The molecule has 3 aromatic rings. The molecule has 0 radical (unpaired) electrons. The molecule has 0 aromatic carbocycles. The number of fused-ring (bicyclic) bond motifs is 1. The number of ether oxygens (including phenoxy) is 1. The van der Waals surface area contributed by atoms with Gasteiger partial charge in [-0.05, 0) is 31.2 Å². The summed E-state index contributed by atoms with van der Waals surface area (Å²) in [6.45, 7) is 3.03. The molecule has 0 aliphatic carbocycles. The molecule has 0 bridgehead atoms. The van der Waals surface area contributed by atoms with E-state index >= 15 is 0 Å². The average Bonchev–Trinajstić information content (AvgIpc) is 3.36. The topological polar surface area (TPSA) is 86.1 Å². The molecule has 1 saturated heterocycles. The Balaban J connectivity index is 1.63. The molecule has 1 aliphatic heterocycles. The molecule has 1 atom stereocenters. The van der Waals surface area contributed by atoms with Crippen LogP contribution in [0.15, 0.2) is 22.3 Å². The number of thiophene rings is 1. The van der Waals surface area contributed by atoms with E-state index in [1.54, 1.807) is 0 Å². The number of carbonyl (C=O) groups is 1. The maximum atomic E-state index is 12.6. The molecule has 26 heavy (non-hydrogen) atoms. The minimum Gasteiger partial charge on any atom is -0.376 e. The average molecular weight is 390 g/mol. The predicted molar refractivity (Wildman–Crippen MR) is 102 cm³/mol. The van der Waals surface area contributed by atoms with Crippen LogP contribution in [0, 0.1) is 6.92 Å². The van der Waals surface area contributed by atoms with Crippen LogP contribution in [-0.2, 0) is 16.1 Å². The first kappa shape index (κ1) is 17.3. The minimum atomic E-state index is -0.434. The Morgan fingerprint density at radius 1 is 1.46 bits per heavy atom. The highest BCUT2D eigenvalue weighted by atomic mass is 32.1. The van der Waals surface area contributed by atoms with Crippen molar-refractivity contribution in [3.8, 4) is 10.6 Å². The van der Waals surface area contributed by atoms with Gasteiger partial charge in [0.1, 0.15) is 22.6 Å². The number of amides is 1. The van der Waals surface area contributed by atoms with Crippen molar-refractivity contribution in [1.82, 2.24) is 19.9 Å². The summed E-state index contributed by atoms with van der Waals surface area (Å²) in [6, 6.07) is 3.83. The molecule has 1 N–H and O–H groups in total. The molecule has 1 fully saturated rings. The number of rotatable bonds is 5. The van der Waals surface area contributed by atoms with Crippen molar-refractivity contribution in [2.24, 2.45) is 0 Å². The number of hydrogen-bond acceptors (Lipinski definition) is 7. The number of nitrogens with one attached hydrogen (secondary N) is 1. The van der Waals surface area contributed by atoms with Gasteiger partial charge in [0.25, 0.3) is 0 Å². The standard InChI is InChI=1S/C17H18N4O3S2/c1-10-19-15-14(12-5-3-7-25-12)20-17(23)21(16(15)26-10)9-13(22)18-8-11-4-2-6-24-11/h3,5,7,11H,2,4,6,8-9H2,1H3,(H,18,22). The lowest BCUT2D eigenvalue weighted by Crippen LogP contribution is -2.37. The Kier molecular flexibility index (Phi) is 4.84. The van der Waals surface area contributed by atoms with E-state index in [0.717, 1.165) is 29.3 Å². The Labute approximate surface area is 157 Å². The van der Waals surface area contributed by atoms with Crippen molar-refractivity contribution in [3.63, 3.8) is 0 Å². The zero-order valence-electron chi connectivity index (χ0n) is 14.2. The summed E-state index contributed by atoms with van der Waals surface area (Å²) in [5.74, 6) is -0.222. The Bertz CT molecular complexity index is 988. The largest absolute Gasteiger partial charge is 0.376 e. The summed E-state index contributed by atoms with van der Waals surface area (Å²) >= 11 is 2.91. The fourth-order valence-electron chi connectivity index (χ4n) is 3.01.